The monoisotopic (exact) mass is 1480 g/mol. The lowest BCUT2D eigenvalue weighted by atomic mass is 10.0. The molecular formula is C105H65N11. The van der Waals surface area contributed by atoms with E-state index in [0.29, 0.717) is 23.3 Å². The maximum Gasteiger partial charge on any atom is 0.164 e. The molecule has 22 aromatic rings. The topological polar surface area (TPSA) is 142 Å². The van der Waals surface area contributed by atoms with Crippen LogP contribution in [-0.4, -0.2) is 54.8 Å². The first-order valence-corrected chi connectivity index (χ1v) is 38.7. The van der Waals surface area contributed by atoms with E-state index in [1.54, 1.807) is 0 Å². The van der Waals surface area contributed by atoms with Crippen molar-refractivity contribution >= 4 is 87.0 Å². The van der Waals surface area contributed by atoms with Gasteiger partial charge in [0, 0.05) is 87.6 Å². The zero-order valence-electron chi connectivity index (χ0n) is 62.4. The van der Waals surface area contributed by atoms with E-state index >= 15 is 0 Å². The molecular weight excluding hydrogens is 1420 g/mol. The molecule has 0 aliphatic heterocycles. The summed E-state index contributed by atoms with van der Waals surface area (Å²) in [5.74, 6) is 2.60. The second kappa shape index (κ2) is 29.4. The fourth-order valence-corrected chi connectivity index (χ4v) is 15.4. The molecule has 0 saturated carbocycles. The van der Waals surface area contributed by atoms with Crippen LogP contribution in [0.2, 0.25) is 0 Å². The molecule has 0 spiro atoms. The van der Waals surface area contributed by atoms with Crippen molar-refractivity contribution < 1.29 is 0 Å². The molecule has 0 amide bonds. The Kier molecular flexibility index (Phi) is 17.3. The average molecular weight is 1480 g/mol. The van der Waals surface area contributed by atoms with Gasteiger partial charge in [-0.3, -0.25) is 0 Å². The Morgan fingerprint density at radius 3 is 0.724 bits per heavy atom. The highest BCUT2D eigenvalue weighted by atomic mass is 15.0. The van der Waals surface area contributed by atoms with E-state index in [2.05, 4.69) is 285 Å². The van der Waals surface area contributed by atoms with Gasteiger partial charge in [-0.25, -0.2) is 54.8 Å². The Hall–Kier alpha value is -15.9. The van der Waals surface area contributed by atoms with Crippen LogP contribution in [0, 0.1) is 0 Å². The normalized spacial score (nSPS) is 11.4. The summed E-state index contributed by atoms with van der Waals surface area (Å²) in [6.07, 6.45) is 0. The predicted octanol–water partition coefficient (Wildman–Crippen LogP) is 25.9. The number of hydrogen-bond acceptors (Lipinski definition) is 11. The van der Waals surface area contributed by atoms with Crippen LogP contribution >= 0.6 is 0 Å². The molecule has 0 N–H and O–H groups in total. The molecule has 0 aliphatic carbocycles. The molecule has 540 valence electrons. The minimum Gasteiger partial charge on any atom is -0.248 e. The molecule has 0 bridgehead atoms. The highest BCUT2D eigenvalue weighted by Crippen LogP contribution is 2.37. The zero-order valence-corrected chi connectivity index (χ0v) is 62.4. The molecule has 11 nitrogen and oxygen atoms in total. The molecule has 0 atom stereocenters. The first kappa shape index (κ1) is 68.2. The van der Waals surface area contributed by atoms with E-state index in [0.717, 1.165) is 189 Å². The molecule has 0 unspecified atom stereocenters. The summed E-state index contributed by atoms with van der Waals surface area (Å²) < 4.78 is 0. The summed E-state index contributed by atoms with van der Waals surface area (Å²) in [5, 5.41) is 11.2. The number of benzene rings is 14. The van der Waals surface area contributed by atoms with Crippen molar-refractivity contribution in [2.45, 2.75) is 0 Å². The fraction of sp³-hybridized carbons (Fsp3) is 0. The Morgan fingerprint density at radius 2 is 0.353 bits per heavy atom. The molecule has 11 heteroatoms. The summed E-state index contributed by atoms with van der Waals surface area (Å²) in [5.41, 5.74) is 24.9. The van der Waals surface area contributed by atoms with Crippen molar-refractivity contribution in [1.29, 1.82) is 0 Å². The highest BCUT2D eigenvalue weighted by molar-refractivity contribution is 6.07. The minimum atomic E-state index is 0.620. The quantitative estimate of drug-likeness (QED) is 0.108. The Morgan fingerprint density at radius 1 is 0.121 bits per heavy atom. The zero-order chi connectivity index (χ0) is 76.8. The Balaban J connectivity index is 0.000000145. The van der Waals surface area contributed by atoms with E-state index in [1.165, 1.54) is 10.8 Å². The van der Waals surface area contributed by atoms with Crippen molar-refractivity contribution in [3.63, 3.8) is 0 Å². The van der Waals surface area contributed by atoms with Gasteiger partial charge in [0.1, 0.15) is 0 Å². The highest BCUT2D eigenvalue weighted by Gasteiger charge is 2.18. The molecule has 0 aliphatic rings. The number of aromatic nitrogens is 11. The molecule has 22 rings (SSSR count). The number of fused-ring (bicyclic) bond motifs is 10. The number of hydrogen-bond donors (Lipinski definition) is 0. The van der Waals surface area contributed by atoms with Gasteiger partial charge in [0.25, 0.3) is 0 Å². The van der Waals surface area contributed by atoms with E-state index in [1.807, 2.05) is 109 Å². The molecule has 8 aromatic heterocycles. The van der Waals surface area contributed by atoms with Crippen molar-refractivity contribution in [3.05, 3.63) is 394 Å². The third-order valence-electron chi connectivity index (χ3n) is 21.6. The smallest absolute Gasteiger partial charge is 0.164 e. The van der Waals surface area contributed by atoms with Crippen LogP contribution < -0.4 is 0 Å². The molecule has 8 heterocycles. The number of nitrogens with zero attached hydrogens (tertiary/aromatic N) is 11. The first-order chi connectivity index (χ1) is 57.4. The lowest BCUT2D eigenvalue weighted by Crippen LogP contribution is -2.00. The van der Waals surface area contributed by atoms with Crippen molar-refractivity contribution in [2.75, 3.05) is 0 Å². The van der Waals surface area contributed by atoms with Crippen LogP contribution in [0.15, 0.2) is 394 Å². The van der Waals surface area contributed by atoms with Crippen LogP contribution in [0.4, 0.5) is 0 Å². The minimum absolute atomic E-state index is 0.620. The third-order valence-corrected chi connectivity index (χ3v) is 21.6. The summed E-state index contributed by atoms with van der Waals surface area (Å²) >= 11 is 0. The van der Waals surface area contributed by atoms with Gasteiger partial charge in [0.05, 0.1) is 78.7 Å². The van der Waals surface area contributed by atoms with Gasteiger partial charge in [-0.1, -0.05) is 328 Å². The van der Waals surface area contributed by atoms with Crippen LogP contribution in [-0.2, 0) is 0 Å². The lowest BCUT2D eigenvalue weighted by Gasteiger charge is -2.10. The van der Waals surface area contributed by atoms with Crippen LogP contribution in [0.25, 0.3) is 223 Å². The van der Waals surface area contributed by atoms with Crippen LogP contribution in [0.3, 0.4) is 0 Å². The summed E-state index contributed by atoms with van der Waals surface area (Å²) in [7, 11) is 0. The molecule has 14 aromatic carbocycles. The maximum absolute atomic E-state index is 5.15. The summed E-state index contributed by atoms with van der Waals surface area (Å²) in [6.45, 7) is 0. The van der Waals surface area contributed by atoms with Crippen molar-refractivity contribution in [1.82, 2.24) is 54.8 Å². The second-order valence-corrected chi connectivity index (χ2v) is 28.9. The van der Waals surface area contributed by atoms with E-state index < -0.39 is 0 Å². The van der Waals surface area contributed by atoms with Crippen LogP contribution in [0.1, 0.15) is 0 Å². The number of rotatable bonds is 12. The Labute approximate surface area is 667 Å². The molecule has 116 heavy (non-hydrogen) atoms. The summed E-state index contributed by atoms with van der Waals surface area (Å²) in [4.78, 5) is 55.3. The van der Waals surface area contributed by atoms with Crippen LogP contribution in [0.5, 0.6) is 0 Å². The van der Waals surface area contributed by atoms with Crippen molar-refractivity contribution in [3.8, 4) is 136 Å². The Bertz CT molecular complexity index is 6990. The summed E-state index contributed by atoms with van der Waals surface area (Å²) in [6, 6.07) is 136. The van der Waals surface area contributed by atoms with Gasteiger partial charge >= 0.3 is 0 Å². The van der Waals surface area contributed by atoms with Gasteiger partial charge in [-0.15, -0.1) is 0 Å². The van der Waals surface area contributed by atoms with Gasteiger partial charge in [0.2, 0.25) is 0 Å². The molecule has 0 radical (unpaired) electrons. The maximum atomic E-state index is 5.15. The SMILES string of the molecule is c1ccc(-c2cc(-c3ccc(-c4ccc5ccc(-c6ccc7ccc(-c8ccc9ccc%10ccccc%10c9n8)nc7c6)cc5n4)cc3)nc(-c3ccccc3)n2)cc1.c1ccc(-c2nc(-c3ccccc3)nc(-c3ccc(-c4ccc5ccc(-c6ccc7ccc(-c8ccc9ccc%10ccccc%10c9n8)nc7c6)cc5n4)cc3)n2)cc1. The fourth-order valence-electron chi connectivity index (χ4n) is 15.4. The second-order valence-electron chi connectivity index (χ2n) is 28.9. The third kappa shape index (κ3) is 13.5. The van der Waals surface area contributed by atoms with E-state index in [9.17, 15) is 0 Å². The predicted molar refractivity (Wildman–Crippen MR) is 474 cm³/mol. The largest absolute Gasteiger partial charge is 0.248 e. The molecule has 0 fully saturated rings. The number of pyridine rings is 6. The van der Waals surface area contributed by atoms with Gasteiger partial charge in [-0.05, 0) is 99.8 Å². The lowest BCUT2D eigenvalue weighted by molar-refractivity contribution is 1.07. The molecule has 0 saturated heterocycles. The van der Waals surface area contributed by atoms with Gasteiger partial charge in [0.15, 0.2) is 23.3 Å². The van der Waals surface area contributed by atoms with E-state index in [4.69, 9.17) is 54.8 Å². The van der Waals surface area contributed by atoms with E-state index in [-0.39, 0.29) is 0 Å². The average Bonchev–Trinajstić information content (AvgIpc) is 0.777. The first-order valence-electron chi connectivity index (χ1n) is 38.7. The standard InChI is InChI=1S/C53H33N5.C52H32N6/c1-3-10-35(11-4-1)50-33-51(58-53(57-50)41-12-5-2-6-13-41)37-18-16-36(17-19-37)45-28-25-38-20-23-42(31-48(38)54-45)43-24-21-39-26-29-46(55-49(39)32-43)47-30-27-40-22-15-34-9-7-8-14-44(34)52(40)56-47;1-3-10-38(11-4-1)50-56-51(39-12-5-2-6-13-39)58-52(57-50)40-21-16-34(17-22-40)44-28-25-35-18-23-41(31-47(35)53-44)42-24-19-36-26-29-45(54-48(36)32-42)46-30-27-37-20-15-33-9-7-8-14-43(33)49(37)55-46/h1-33H;1-32H. The van der Waals surface area contributed by atoms with Gasteiger partial charge in [-0.2, -0.15) is 0 Å². The van der Waals surface area contributed by atoms with Gasteiger partial charge < -0.3 is 0 Å². The van der Waals surface area contributed by atoms with Crippen molar-refractivity contribution in [2.24, 2.45) is 0 Å².